The number of anilines is 1. The smallest absolute Gasteiger partial charge is 0.225 e. The molecule has 0 saturated heterocycles. The molecule has 2 N–H and O–H groups in total. The summed E-state index contributed by atoms with van der Waals surface area (Å²) in [5.74, 6) is -0.646. The standard InChI is InChI=1S/C14H21FN2O2/c1-11(18)7-9-17(2)10-8-14(19)16-13-6-4-3-5-12(13)15/h3-6,11,18H,7-10H2,1-2H3,(H,16,19). The minimum absolute atomic E-state index is 0.208. The molecule has 0 saturated carbocycles. The van der Waals surface area contributed by atoms with E-state index in [0.29, 0.717) is 19.4 Å². The SMILES string of the molecule is CC(O)CCN(C)CCC(=O)Nc1ccccc1F. The van der Waals surface area contributed by atoms with Crippen molar-refractivity contribution in [3.8, 4) is 0 Å². The first kappa shape index (κ1) is 15.6. The summed E-state index contributed by atoms with van der Waals surface area (Å²) in [5, 5.41) is 11.7. The van der Waals surface area contributed by atoms with Crippen LogP contribution in [-0.4, -0.2) is 42.2 Å². The number of carbonyl (C=O) groups is 1. The Morgan fingerprint density at radius 3 is 2.74 bits per heavy atom. The Morgan fingerprint density at radius 2 is 2.11 bits per heavy atom. The first-order valence-corrected chi connectivity index (χ1v) is 6.40. The number of benzene rings is 1. The third-order valence-electron chi connectivity index (χ3n) is 2.80. The van der Waals surface area contributed by atoms with Gasteiger partial charge in [0.05, 0.1) is 11.8 Å². The average molecular weight is 268 g/mol. The predicted molar refractivity (Wildman–Crippen MR) is 73.4 cm³/mol. The highest BCUT2D eigenvalue weighted by atomic mass is 19.1. The highest BCUT2D eigenvalue weighted by Crippen LogP contribution is 2.12. The third-order valence-corrected chi connectivity index (χ3v) is 2.80. The van der Waals surface area contributed by atoms with Crippen molar-refractivity contribution in [3.05, 3.63) is 30.1 Å². The topological polar surface area (TPSA) is 52.6 Å². The fraction of sp³-hybridized carbons (Fsp3) is 0.500. The monoisotopic (exact) mass is 268 g/mol. The Labute approximate surface area is 113 Å². The molecular weight excluding hydrogens is 247 g/mol. The molecule has 4 nitrogen and oxygen atoms in total. The van der Waals surface area contributed by atoms with Crippen LogP contribution in [0.2, 0.25) is 0 Å². The second-order valence-corrected chi connectivity index (χ2v) is 4.72. The molecule has 106 valence electrons. The van der Waals surface area contributed by atoms with Gasteiger partial charge in [-0.05, 0) is 32.5 Å². The van der Waals surface area contributed by atoms with Crippen LogP contribution in [0.15, 0.2) is 24.3 Å². The lowest BCUT2D eigenvalue weighted by Gasteiger charge is -2.17. The van der Waals surface area contributed by atoms with Crippen molar-refractivity contribution in [2.75, 3.05) is 25.5 Å². The zero-order chi connectivity index (χ0) is 14.3. The molecule has 0 fully saturated rings. The second kappa shape index (κ2) is 7.86. The Kier molecular flexibility index (Phi) is 6.45. The largest absolute Gasteiger partial charge is 0.393 e. The third kappa shape index (κ3) is 6.31. The van der Waals surface area contributed by atoms with E-state index in [-0.39, 0.29) is 17.7 Å². The molecule has 0 aliphatic carbocycles. The Morgan fingerprint density at radius 1 is 1.42 bits per heavy atom. The van der Waals surface area contributed by atoms with Gasteiger partial charge in [0.2, 0.25) is 5.91 Å². The van der Waals surface area contributed by atoms with Gasteiger partial charge in [-0.25, -0.2) is 4.39 Å². The normalized spacial score (nSPS) is 12.5. The van der Waals surface area contributed by atoms with Crippen LogP contribution in [-0.2, 0) is 4.79 Å². The molecule has 1 rings (SSSR count). The van der Waals surface area contributed by atoms with Gasteiger partial charge in [0.15, 0.2) is 0 Å². The predicted octanol–water partition coefficient (Wildman–Crippen LogP) is 1.86. The fourth-order valence-corrected chi connectivity index (χ4v) is 1.59. The fourth-order valence-electron chi connectivity index (χ4n) is 1.59. The quantitative estimate of drug-likeness (QED) is 0.793. The van der Waals surface area contributed by atoms with Crippen molar-refractivity contribution in [1.29, 1.82) is 0 Å². The number of aliphatic hydroxyl groups excluding tert-OH is 1. The molecule has 0 radical (unpaired) electrons. The summed E-state index contributed by atoms with van der Waals surface area (Å²) >= 11 is 0. The Balaban J connectivity index is 2.30. The number of halogens is 1. The van der Waals surface area contributed by atoms with E-state index in [4.69, 9.17) is 5.11 Å². The van der Waals surface area contributed by atoms with Crippen LogP contribution in [0.4, 0.5) is 10.1 Å². The maximum Gasteiger partial charge on any atom is 0.225 e. The second-order valence-electron chi connectivity index (χ2n) is 4.72. The highest BCUT2D eigenvalue weighted by molar-refractivity contribution is 5.90. The van der Waals surface area contributed by atoms with E-state index in [1.54, 1.807) is 19.1 Å². The molecule has 1 unspecified atom stereocenters. The zero-order valence-corrected chi connectivity index (χ0v) is 11.4. The Bertz CT molecular complexity index is 410. The first-order chi connectivity index (χ1) is 8.99. The summed E-state index contributed by atoms with van der Waals surface area (Å²) in [6, 6.07) is 6.09. The molecule has 0 aliphatic heterocycles. The van der Waals surface area contributed by atoms with Crippen molar-refractivity contribution < 1.29 is 14.3 Å². The molecule has 19 heavy (non-hydrogen) atoms. The molecule has 0 aliphatic rings. The molecule has 5 heteroatoms. The average Bonchev–Trinajstić information content (AvgIpc) is 2.36. The summed E-state index contributed by atoms with van der Waals surface area (Å²) in [6.07, 6.45) is 0.630. The summed E-state index contributed by atoms with van der Waals surface area (Å²) in [5.41, 5.74) is 0.208. The Hall–Kier alpha value is -1.46. The molecule has 0 spiro atoms. The van der Waals surface area contributed by atoms with E-state index in [1.165, 1.54) is 12.1 Å². The van der Waals surface area contributed by atoms with Crippen molar-refractivity contribution >= 4 is 11.6 Å². The molecule has 1 atom stereocenters. The number of nitrogens with one attached hydrogen (secondary N) is 1. The van der Waals surface area contributed by atoms with Crippen LogP contribution in [0.25, 0.3) is 0 Å². The van der Waals surface area contributed by atoms with Crippen LogP contribution >= 0.6 is 0 Å². The van der Waals surface area contributed by atoms with E-state index < -0.39 is 5.82 Å². The van der Waals surface area contributed by atoms with Gasteiger partial charge in [-0.3, -0.25) is 4.79 Å². The van der Waals surface area contributed by atoms with Gasteiger partial charge in [0, 0.05) is 19.5 Å². The van der Waals surface area contributed by atoms with Gasteiger partial charge in [-0.2, -0.15) is 0 Å². The van der Waals surface area contributed by atoms with Crippen LogP contribution in [0.1, 0.15) is 19.8 Å². The lowest BCUT2D eigenvalue weighted by Crippen LogP contribution is -2.27. The summed E-state index contributed by atoms with van der Waals surface area (Å²) < 4.78 is 13.3. The van der Waals surface area contributed by atoms with Gasteiger partial charge < -0.3 is 15.3 Å². The lowest BCUT2D eigenvalue weighted by molar-refractivity contribution is -0.116. The summed E-state index contributed by atoms with van der Waals surface area (Å²) in [7, 11) is 1.89. The molecule has 0 aromatic heterocycles. The van der Waals surface area contributed by atoms with E-state index >= 15 is 0 Å². The van der Waals surface area contributed by atoms with E-state index in [0.717, 1.165) is 6.54 Å². The van der Waals surface area contributed by atoms with Crippen molar-refractivity contribution in [2.24, 2.45) is 0 Å². The maximum absolute atomic E-state index is 13.3. The van der Waals surface area contributed by atoms with E-state index in [1.807, 2.05) is 11.9 Å². The molecule has 1 amide bonds. The number of nitrogens with zero attached hydrogens (tertiary/aromatic N) is 1. The van der Waals surface area contributed by atoms with E-state index in [2.05, 4.69) is 5.32 Å². The highest BCUT2D eigenvalue weighted by Gasteiger charge is 2.08. The van der Waals surface area contributed by atoms with Crippen molar-refractivity contribution in [2.45, 2.75) is 25.9 Å². The van der Waals surface area contributed by atoms with Gasteiger partial charge in [-0.15, -0.1) is 0 Å². The molecule has 1 aromatic carbocycles. The first-order valence-electron chi connectivity index (χ1n) is 6.40. The number of carbonyl (C=O) groups excluding carboxylic acids is 1. The lowest BCUT2D eigenvalue weighted by atomic mass is 10.2. The zero-order valence-electron chi connectivity index (χ0n) is 11.4. The van der Waals surface area contributed by atoms with Crippen LogP contribution in [0.5, 0.6) is 0 Å². The number of aliphatic hydroxyl groups is 1. The molecule has 0 heterocycles. The number of rotatable bonds is 7. The summed E-state index contributed by atoms with van der Waals surface area (Å²) in [4.78, 5) is 13.6. The van der Waals surface area contributed by atoms with Gasteiger partial charge in [0.25, 0.3) is 0 Å². The van der Waals surface area contributed by atoms with Crippen molar-refractivity contribution in [3.63, 3.8) is 0 Å². The van der Waals surface area contributed by atoms with Gasteiger partial charge in [-0.1, -0.05) is 12.1 Å². The minimum atomic E-state index is -0.432. The molecule has 1 aromatic rings. The number of para-hydroxylation sites is 1. The van der Waals surface area contributed by atoms with Crippen LogP contribution in [0.3, 0.4) is 0 Å². The number of hydrogen-bond acceptors (Lipinski definition) is 3. The molecule has 0 bridgehead atoms. The molecular formula is C14H21FN2O2. The minimum Gasteiger partial charge on any atom is -0.393 e. The van der Waals surface area contributed by atoms with Gasteiger partial charge in [0.1, 0.15) is 5.82 Å². The summed E-state index contributed by atoms with van der Waals surface area (Å²) in [6.45, 7) is 3.04. The van der Waals surface area contributed by atoms with Crippen molar-refractivity contribution in [1.82, 2.24) is 4.90 Å². The number of amides is 1. The van der Waals surface area contributed by atoms with Crippen LogP contribution in [0, 0.1) is 5.82 Å². The number of hydrogen-bond donors (Lipinski definition) is 2. The van der Waals surface area contributed by atoms with E-state index in [9.17, 15) is 9.18 Å². The van der Waals surface area contributed by atoms with Gasteiger partial charge >= 0.3 is 0 Å². The van der Waals surface area contributed by atoms with Crippen LogP contribution < -0.4 is 5.32 Å². The maximum atomic E-state index is 13.3.